The van der Waals surface area contributed by atoms with Gasteiger partial charge in [-0.15, -0.1) is 6.58 Å². The molecule has 0 aromatic rings. The summed E-state index contributed by atoms with van der Waals surface area (Å²) in [6.45, 7) is 10.2. The van der Waals surface area contributed by atoms with Crippen LogP contribution in [0.3, 0.4) is 0 Å². The maximum absolute atomic E-state index is 10.00. The first-order chi connectivity index (χ1) is 6.60. The van der Waals surface area contributed by atoms with Crippen molar-refractivity contribution in [1.82, 2.24) is 0 Å². The Morgan fingerprint density at radius 2 is 1.93 bits per heavy atom. The fraction of sp³-hybridized carbons (Fsp3) is 0.846. The highest BCUT2D eigenvalue weighted by Gasteiger charge is 2.26. The van der Waals surface area contributed by atoms with E-state index >= 15 is 0 Å². The average Bonchev–Trinajstić information content (AvgIpc) is 2.22. The summed E-state index contributed by atoms with van der Waals surface area (Å²) in [7, 11) is 0. The second-order valence-electron chi connectivity index (χ2n) is 4.43. The molecule has 2 atom stereocenters. The van der Waals surface area contributed by atoms with Crippen LogP contribution in [-0.2, 0) is 0 Å². The average molecular weight is 198 g/mol. The minimum absolute atomic E-state index is 0.0911. The molecule has 0 amide bonds. The van der Waals surface area contributed by atoms with Crippen LogP contribution < -0.4 is 0 Å². The van der Waals surface area contributed by atoms with E-state index < -0.39 is 0 Å². The number of hydrogen-bond donors (Lipinski definition) is 1. The molecule has 0 aliphatic carbocycles. The minimum Gasteiger partial charge on any atom is -0.392 e. The molecule has 1 N–H and O–H groups in total. The summed E-state index contributed by atoms with van der Waals surface area (Å²) in [6, 6.07) is 0. The largest absolute Gasteiger partial charge is 0.392 e. The summed E-state index contributed by atoms with van der Waals surface area (Å²) < 4.78 is 0. The van der Waals surface area contributed by atoms with Gasteiger partial charge in [-0.05, 0) is 12.8 Å². The van der Waals surface area contributed by atoms with Gasteiger partial charge in [0.15, 0.2) is 0 Å². The highest BCUT2D eigenvalue weighted by atomic mass is 16.3. The molecule has 0 saturated heterocycles. The van der Waals surface area contributed by atoms with Crippen LogP contribution >= 0.6 is 0 Å². The fourth-order valence-electron chi connectivity index (χ4n) is 1.61. The Bertz CT molecular complexity index is 153. The molecule has 1 nitrogen and oxygen atoms in total. The zero-order valence-electron chi connectivity index (χ0n) is 10.1. The molecule has 84 valence electrons. The first-order valence-electron chi connectivity index (χ1n) is 5.92. The SMILES string of the molecule is C=C[C@@](C)(CC)[C@@H](O)CCCCCC. The highest BCUT2D eigenvalue weighted by Crippen LogP contribution is 2.30. The van der Waals surface area contributed by atoms with Crippen molar-refractivity contribution >= 4 is 0 Å². The lowest BCUT2D eigenvalue weighted by atomic mass is 9.79. The molecule has 0 radical (unpaired) electrons. The number of aliphatic hydroxyl groups excluding tert-OH is 1. The van der Waals surface area contributed by atoms with Gasteiger partial charge in [-0.25, -0.2) is 0 Å². The summed E-state index contributed by atoms with van der Waals surface area (Å²) in [5.41, 5.74) is -0.0911. The van der Waals surface area contributed by atoms with Crippen molar-refractivity contribution in [2.75, 3.05) is 0 Å². The second-order valence-corrected chi connectivity index (χ2v) is 4.43. The molecule has 0 aliphatic rings. The zero-order chi connectivity index (χ0) is 11.0. The zero-order valence-corrected chi connectivity index (χ0v) is 10.1. The van der Waals surface area contributed by atoms with Crippen molar-refractivity contribution < 1.29 is 5.11 Å². The lowest BCUT2D eigenvalue weighted by Crippen LogP contribution is -2.29. The minimum atomic E-state index is -0.221. The lowest BCUT2D eigenvalue weighted by molar-refractivity contribution is 0.0578. The molecule has 0 aromatic carbocycles. The van der Waals surface area contributed by atoms with Gasteiger partial charge in [0.05, 0.1) is 6.10 Å². The Balaban J connectivity index is 3.81. The van der Waals surface area contributed by atoms with Crippen LogP contribution in [0, 0.1) is 5.41 Å². The molecule has 0 unspecified atom stereocenters. The summed E-state index contributed by atoms with van der Waals surface area (Å²) in [5, 5.41) is 10.00. The molecule has 1 heteroatoms. The third-order valence-electron chi connectivity index (χ3n) is 3.32. The van der Waals surface area contributed by atoms with E-state index in [0.717, 1.165) is 19.3 Å². The Labute approximate surface area is 89.2 Å². The number of unbranched alkanes of at least 4 members (excludes halogenated alkanes) is 3. The van der Waals surface area contributed by atoms with E-state index in [2.05, 4.69) is 27.4 Å². The fourth-order valence-corrected chi connectivity index (χ4v) is 1.61. The van der Waals surface area contributed by atoms with Crippen molar-refractivity contribution in [1.29, 1.82) is 0 Å². The van der Waals surface area contributed by atoms with Crippen LogP contribution in [0.1, 0.15) is 59.3 Å². The molecule has 0 fully saturated rings. The van der Waals surface area contributed by atoms with Crippen molar-refractivity contribution in [3.63, 3.8) is 0 Å². The molecular weight excluding hydrogens is 172 g/mol. The summed E-state index contributed by atoms with van der Waals surface area (Å²) >= 11 is 0. The topological polar surface area (TPSA) is 20.2 Å². The van der Waals surface area contributed by atoms with E-state index in [-0.39, 0.29) is 11.5 Å². The van der Waals surface area contributed by atoms with Crippen LogP contribution in [0.25, 0.3) is 0 Å². The van der Waals surface area contributed by atoms with Crippen LogP contribution in [0.15, 0.2) is 12.7 Å². The molecule has 0 heterocycles. The van der Waals surface area contributed by atoms with Crippen molar-refractivity contribution in [2.45, 2.75) is 65.4 Å². The highest BCUT2D eigenvalue weighted by molar-refractivity contribution is 4.95. The molecule has 0 aromatic heterocycles. The molecule has 0 rings (SSSR count). The van der Waals surface area contributed by atoms with E-state index in [9.17, 15) is 5.11 Å². The van der Waals surface area contributed by atoms with E-state index in [4.69, 9.17) is 0 Å². The van der Waals surface area contributed by atoms with Crippen molar-refractivity contribution in [2.24, 2.45) is 5.41 Å². The van der Waals surface area contributed by atoms with E-state index in [0.29, 0.717) is 0 Å². The van der Waals surface area contributed by atoms with Crippen LogP contribution in [0.5, 0.6) is 0 Å². The van der Waals surface area contributed by atoms with E-state index in [1.165, 1.54) is 19.3 Å². The van der Waals surface area contributed by atoms with Gasteiger partial charge in [-0.2, -0.15) is 0 Å². The maximum Gasteiger partial charge on any atom is 0.0628 e. The number of aliphatic hydroxyl groups is 1. The first-order valence-corrected chi connectivity index (χ1v) is 5.92. The smallest absolute Gasteiger partial charge is 0.0628 e. The number of rotatable bonds is 8. The summed E-state index contributed by atoms with van der Waals surface area (Å²) in [6.07, 6.45) is 8.47. The van der Waals surface area contributed by atoms with E-state index in [1.54, 1.807) is 0 Å². The predicted molar refractivity (Wildman–Crippen MR) is 63.4 cm³/mol. The normalized spacial score (nSPS) is 17.4. The van der Waals surface area contributed by atoms with Crippen LogP contribution in [0.4, 0.5) is 0 Å². The van der Waals surface area contributed by atoms with Gasteiger partial charge in [-0.1, -0.05) is 52.5 Å². The predicted octanol–water partition coefficient (Wildman–Crippen LogP) is 3.92. The van der Waals surface area contributed by atoms with E-state index in [1.807, 2.05) is 6.08 Å². The quantitative estimate of drug-likeness (QED) is 0.463. The van der Waals surface area contributed by atoms with Gasteiger partial charge in [0.2, 0.25) is 0 Å². The molecule has 0 aliphatic heterocycles. The first kappa shape index (κ1) is 13.7. The van der Waals surface area contributed by atoms with Gasteiger partial charge < -0.3 is 5.11 Å². The van der Waals surface area contributed by atoms with Gasteiger partial charge in [-0.3, -0.25) is 0 Å². The monoisotopic (exact) mass is 198 g/mol. The summed E-state index contributed by atoms with van der Waals surface area (Å²) in [5.74, 6) is 0. The molecule has 0 bridgehead atoms. The Morgan fingerprint density at radius 3 is 2.36 bits per heavy atom. The number of hydrogen-bond acceptors (Lipinski definition) is 1. The standard InChI is InChI=1S/C13H26O/c1-5-8-9-10-11-12(14)13(4,6-2)7-3/h6,12,14H,2,5,7-11H2,1,3-4H3/t12-,13-/m0/s1. The molecule has 0 saturated carbocycles. The van der Waals surface area contributed by atoms with Crippen molar-refractivity contribution in [3.8, 4) is 0 Å². The Morgan fingerprint density at radius 1 is 1.29 bits per heavy atom. The maximum atomic E-state index is 10.00. The lowest BCUT2D eigenvalue weighted by Gasteiger charge is -2.30. The Kier molecular flexibility index (Phi) is 6.90. The molecule has 0 spiro atoms. The third kappa shape index (κ3) is 4.28. The van der Waals surface area contributed by atoms with Gasteiger partial charge in [0.25, 0.3) is 0 Å². The molecular formula is C13H26O. The van der Waals surface area contributed by atoms with Crippen LogP contribution in [0.2, 0.25) is 0 Å². The van der Waals surface area contributed by atoms with Crippen molar-refractivity contribution in [3.05, 3.63) is 12.7 Å². The summed E-state index contributed by atoms with van der Waals surface area (Å²) in [4.78, 5) is 0. The third-order valence-corrected chi connectivity index (χ3v) is 3.32. The molecule has 14 heavy (non-hydrogen) atoms. The van der Waals surface area contributed by atoms with Gasteiger partial charge in [0.1, 0.15) is 0 Å². The van der Waals surface area contributed by atoms with Gasteiger partial charge in [0, 0.05) is 5.41 Å². The Hall–Kier alpha value is -0.300. The van der Waals surface area contributed by atoms with Gasteiger partial charge >= 0.3 is 0 Å². The second kappa shape index (κ2) is 7.05. The van der Waals surface area contributed by atoms with Crippen LogP contribution in [-0.4, -0.2) is 11.2 Å².